The quantitative estimate of drug-likeness (QED) is 0.224. The normalized spacial score (nSPS) is 14.1. The van der Waals surface area contributed by atoms with Gasteiger partial charge < -0.3 is 24.4 Å². The van der Waals surface area contributed by atoms with Gasteiger partial charge in [0, 0.05) is 11.6 Å². The van der Waals surface area contributed by atoms with Crippen LogP contribution < -0.4 is 14.2 Å². The Morgan fingerprint density at radius 1 is 0.973 bits per heavy atom. The number of phenolic OH excluding ortho intramolecular Hbond substituents is 1. The van der Waals surface area contributed by atoms with Gasteiger partial charge in [-0.2, -0.15) is 0 Å². The van der Waals surface area contributed by atoms with Gasteiger partial charge in [-0.1, -0.05) is 13.3 Å². The van der Waals surface area contributed by atoms with E-state index in [1.807, 2.05) is 6.92 Å². The molecule has 1 aliphatic rings. The van der Waals surface area contributed by atoms with Crippen molar-refractivity contribution in [3.05, 3.63) is 46.5 Å². The molecular weight excluding hydrogens is 487 g/mol. The second kappa shape index (κ2) is 14.4. The van der Waals surface area contributed by atoms with Crippen LogP contribution in [0.15, 0.2) is 24.3 Å². The molecule has 2 aromatic rings. The average molecular weight is 523 g/mol. The molecule has 8 nitrogen and oxygen atoms in total. The number of carboxylic acids is 1. The van der Waals surface area contributed by atoms with E-state index < -0.39 is 12.1 Å². The number of Topliss-reactive ketones (excluding diaryl/α,β-unsaturated/α-hetero) is 2. The number of unbranched alkanes of at least 4 members (excludes halogenated alkanes) is 2. The molecule has 0 saturated heterocycles. The molecule has 0 radical (unpaired) electrons. The first-order chi connectivity index (χ1) is 17.2. The van der Waals surface area contributed by atoms with Crippen LogP contribution in [0.4, 0.5) is 0 Å². The number of hydrogen-bond acceptors (Lipinski definition) is 7. The fourth-order valence-electron chi connectivity index (χ4n) is 4.25. The second-order valence-electron chi connectivity index (χ2n) is 9.00. The molecule has 0 unspecified atom stereocenters. The van der Waals surface area contributed by atoms with Crippen LogP contribution in [0.5, 0.6) is 23.0 Å². The molecule has 196 valence electrons. The Hall–Kier alpha value is -2.55. The molecule has 1 atom stereocenters. The number of phenols is 1. The number of aliphatic carboxylic acids is 1. The van der Waals surface area contributed by atoms with E-state index in [0.717, 1.165) is 31.2 Å². The van der Waals surface area contributed by atoms with Crippen LogP contribution >= 0.6 is 0 Å². The van der Waals surface area contributed by atoms with E-state index in [9.17, 15) is 24.6 Å². The molecule has 3 rings (SSSR count). The van der Waals surface area contributed by atoms with Gasteiger partial charge in [-0.15, -0.1) is 0 Å². The van der Waals surface area contributed by atoms with Crippen LogP contribution in [0.25, 0.3) is 0 Å². The summed E-state index contributed by atoms with van der Waals surface area (Å²) in [5.74, 6) is 0.126. The zero-order valence-corrected chi connectivity index (χ0v) is 21.1. The summed E-state index contributed by atoms with van der Waals surface area (Å²) in [5.41, 5.74) is 2.24. The number of aromatic hydroxyl groups is 1. The molecule has 0 amide bonds. The third-order valence-electron chi connectivity index (χ3n) is 6.19. The number of fused-ring (bicyclic) bond motifs is 1. The van der Waals surface area contributed by atoms with Crippen LogP contribution in [-0.4, -0.2) is 76.6 Å². The van der Waals surface area contributed by atoms with E-state index in [1.54, 1.807) is 24.3 Å². The summed E-state index contributed by atoms with van der Waals surface area (Å²) in [4.78, 5) is 35.1. The first kappa shape index (κ1) is 30.7. The summed E-state index contributed by atoms with van der Waals surface area (Å²) in [5, 5.41) is 19.7. The maximum atomic E-state index is 12.1. The number of carbonyl (C=O) groups is 3. The fraction of sp³-hybridized carbons (Fsp3) is 0.464. The number of ketones is 2. The number of rotatable bonds is 13. The van der Waals surface area contributed by atoms with E-state index in [2.05, 4.69) is 0 Å². The Labute approximate surface area is 239 Å². The summed E-state index contributed by atoms with van der Waals surface area (Å²) >= 11 is 0. The van der Waals surface area contributed by atoms with E-state index in [4.69, 9.17) is 14.2 Å². The SMILES string of the molecule is CCCc1c(OCCCCCOc2cc3c(cc2C(C)=O)CC[C@@H](C(=O)O)O3)ccc(C(C)=O)c1O.[NaH]. The van der Waals surface area contributed by atoms with Gasteiger partial charge in [0.15, 0.2) is 17.7 Å². The molecule has 37 heavy (non-hydrogen) atoms. The van der Waals surface area contributed by atoms with Crippen LogP contribution in [0.1, 0.15) is 84.7 Å². The van der Waals surface area contributed by atoms with Crippen molar-refractivity contribution in [2.24, 2.45) is 0 Å². The van der Waals surface area contributed by atoms with E-state index in [1.165, 1.54) is 13.8 Å². The Kier molecular flexibility index (Phi) is 11.9. The number of ether oxygens (including phenoxy) is 3. The second-order valence-corrected chi connectivity index (χ2v) is 9.00. The van der Waals surface area contributed by atoms with Gasteiger partial charge in [0.25, 0.3) is 0 Å². The molecular formula is C28H35NaO8. The van der Waals surface area contributed by atoms with Crippen LogP contribution in [-0.2, 0) is 17.6 Å². The molecule has 1 heterocycles. The topological polar surface area (TPSA) is 119 Å². The first-order valence-corrected chi connectivity index (χ1v) is 12.4. The average Bonchev–Trinajstić information content (AvgIpc) is 2.84. The van der Waals surface area contributed by atoms with Gasteiger partial charge in [-0.3, -0.25) is 9.59 Å². The zero-order chi connectivity index (χ0) is 26.2. The molecule has 0 fully saturated rings. The van der Waals surface area contributed by atoms with Gasteiger partial charge in [0.2, 0.25) is 0 Å². The molecule has 0 aliphatic carbocycles. The predicted octanol–water partition coefficient (Wildman–Crippen LogP) is 4.51. The van der Waals surface area contributed by atoms with Crippen molar-refractivity contribution in [3.63, 3.8) is 0 Å². The zero-order valence-electron chi connectivity index (χ0n) is 21.1. The summed E-state index contributed by atoms with van der Waals surface area (Å²) in [7, 11) is 0. The van der Waals surface area contributed by atoms with Gasteiger partial charge >= 0.3 is 35.5 Å². The fourth-order valence-corrected chi connectivity index (χ4v) is 4.25. The van der Waals surface area contributed by atoms with Gasteiger partial charge in [0.05, 0.1) is 24.3 Å². The van der Waals surface area contributed by atoms with Crippen molar-refractivity contribution in [1.29, 1.82) is 0 Å². The molecule has 0 bridgehead atoms. The van der Waals surface area contributed by atoms with Crippen molar-refractivity contribution >= 4 is 47.1 Å². The third kappa shape index (κ3) is 7.97. The van der Waals surface area contributed by atoms with Crippen LogP contribution in [0.3, 0.4) is 0 Å². The van der Waals surface area contributed by atoms with Crippen molar-refractivity contribution in [2.45, 2.75) is 71.8 Å². The first-order valence-electron chi connectivity index (χ1n) is 12.4. The minimum absolute atomic E-state index is 0. The van der Waals surface area contributed by atoms with Crippen molar-refractivity contribution in [1.82, 2.24) is 0 Å². The van der Waals surface area contributed by atoms with Gasteiger partial charge in [0.1, 0.15) is 23.0 Å². The number of hydrogen-bond donors (Lipinski definition) is 2. The van der Waals surface area contributed by atoms with Gasteiger partial charge in [-0.05, 0) is 76.1 Å². The molecule has 0 aromatic heterocycles. The maximum absolute atomic E-state index is 12.1. The molecule has 9 heteroatoms. The standard InChI is InChI=1S/C28H34O8.Na.H/c1-4-8-21-23(12-10-20(17(2)29)27(21)31)34-13-6-5-7-14-35-26-16-25-19(15-22(26)18(3)30)9-11-24(36-25)28(32)33;;/h10,12,15-16,24,31H,4-9,11,13-14H2,1-3H3,(H,32,33);;/t24-;;/m0../s1. The predicted molar refractivity (Wildman–Crippen MR) is 141 cm³/mol. The van der Waals surface area contributed by atoms with Crippen molar-refractivity contribution in [2.75, 3.05) is 13.2 Å². The number of carbonyl (C=O) groups excluding carboxylic acids is 2. The summed E-state index contributed by atoms with van der Waals surface area (Å²) in [6.07, 6.45) is 3.74. The van der Waals surface area contributed by atoms with Crippen LogP contribution in [0, 0.1) is 0 Å². The van der Waals surface area contributed by atoms with E-state index >= 15 is 0 Å². The number of carboxylic acid groups (broad SMARTS) is 1. The molecule has 0 saturated carbocycles. The summed E-state index contributed by atoms with van der Waals surface area (Å²) in [6.45, 7) is 5.74. The molecule has 2 aromatic carbocycles. The Morgan fingerprint density at radius 2 is 1.62 bits per heavy atom. The number of benzene rings is 2. The number of aryl methyl sites for hydroxylation is 1. The summed E-state index contributed by atoms with van der Waals surface area (Å²) in [6, 6.07) is 6.69. The van der Waals surface area contributed by atoms with Gasteiger partial charge in [-0.25, -0.2) is 4.79 Å². The third-order valence-corrected chi connectivity index (χ3v) is 6.19. The molecule has 0 spiro atoms. The minimum atomic E-state index is -1.01. The van der Waals surface area contributed by atoms with Crippen LogP contribution in [0.2, 0.25) is 0 Å². The van der Waals surface area contributed by atoms with Crippen molar-refractivity contribution in [3.8, 4) is 23.0 Å². The Morgan fingerprint density at radius 3 is 2.22 bits per heavy atom. The van der Waals surface area contributed by atoms with E-state index in [-0.39, 0.29) is 46.9 Å². The molecule has 2 N–H and O–H groups in total. The monoisotopic (exact) mass is 522 g/mol. The Bertz CT molecular complexity index is 1130. The van der Waals surface area contributed by atoms with E-state index in [0.29, 0.717) is 66.4 Å². The summed E-state index contributed by atoms with van der Waals surface area (Å²) < 4.78 is 17.3. The molecule has 1 aliphatic heterocycles. The Balaban J connectivity index is 0.00000481. The van der Waals surface area contributed by atoms with Crippen molar-refractivity contribution < 1.29 is 38.8 Å².